The van der Waals surface area contributed by atoms with Gasteiger partial charge in [0.25, 0.3) is 0 Å². The van der Waals surface area contributed by atoms with Crippen molar-refractivity contribution in [3.05, 3.63) is 27.7 Å². The Morgan fingerprint density at radius 3 is 2.50 bits per heavy atom. The number of carbonyl (C=O) groups excluding carboxylic acids is 1. The third-order valence-corrected chi connectivity index (χ3v) is 4.51. The van der Waals surface area contributed by atoms with E-state index in [0.29, 0.717) is 12.3 Å². The minimum atomic E-state index is -1.10. The number of likely N-dealkylation sites (tertiary alicyclic amines) is 1. The van der Waals surface area contributed by atoms with Crippen LogP contribution in [0.15, 0.2) is 12.1 Å². The maximum absolute atomic E-state index is 12.3. The summed E-state index contributed by atoms with van der Waals surface area (Å²) in [5.74, 6) is -0.403. The molecule has 1 aromatic rings. The fourth-order valence-electron chi connectivity index (χ4n) is 2.80. The predicted octanol–water partition coefficient (Wildman–Crippen LogP) is 4.11. The molecule has 1 heterocycles. The Bertz CT molecular complexity index is 610. The van der Waals surface area contributed by atoms with Crippen LogP contribution in [-0.2, 0) is 4.79 Å². The second-order valence-corrected chi connectivity index (χ2v) is 7.18. The third kappa shape index (κ3) is 4.54. The van der Waals surface area contributed by atoms with E-state index in [-0.39, 0.29) is 39.9 Å². The first-order chi connectivity index (χ1) is 11.3. The Balaban J connectivity index is 2.05. The highest BCUT2D eigenvalue weighted by Crippen LogP contribution is 2.35. The lowest BCUT2D eigenvalue weighted by atomic mass is 10.1. The monoisotopic (exact) mass is 373 g/mol. The molecule has 1 aliphatic rings. The van der Waals surface area contributed by atoms with Crippen molar-refractivity contribution < 1.29 is 19.4 Å². The highest BCUT2D eigenvalue weighted by atomic mass is 35.5. The normalized spacial score (nSPS) is 17.4. The van der Waals surface area contributed by atoms with Crippen LogP contribution in [0.4, 0.5) is 0 Å². The molecule has 0 radical (unpaired) electrons. The molecule has 0 aliphatic carbocycles. The van der Waals surface area contributed by atoms with Crippen LogP contribution in [0.3, 0.4) is 0 Å². The van der Waals surface area contributed by atoms with Crippen molar-refractivity contribution in [2.75, 3.05) is 13.2 Å². The molecule has 1 saturated heterocycles. The second kappa shape index (κ2) is 8.08. The largest absolute Gasteiger partial charge is 0.488 e. The van der Waals surface area contributed by atoms with E-state index >= 15 is 0 Å². The van der Waals surface area contributed by atoms with Gasteiger partial charge in [-0.15, -0.1) is 0 Å². The van der Waals surface area contributed by atoms with E-state index in [2.05, 4.69) is 0 Å². The molecule has 1 aliphatic heterocycles. The molecule has 1 aromatic carbocycles. The van der Waals surface area contributed by atoms with Crippen LogP contribution < -0.4 is 4.74 Å². The molecule has 1 amide bonds. The first-order valence-electron chi connectivity index (χ1n) is 7.94. The molecular weight excluding hydrogens is 353 g/mol. The number of amides is 1. The van der Waals surface area contributed by atoms with E-state index in [4.69, 9.17) is 33.0 Å². The number of halogens is 2. The molecule has 0 saturated carbocycles. The van der Waals surface area contributed by atoms with Crippen LogP contribution in [0.25, 0.3) is 0 Å². The number of carbonyl (C=O) groups is 2. The number of carboxylic acids is 1. The first-order valence-corrected chi connectivity index (χ1v) is 8.69. The van der Waals surface area contributed by atoms with Crippen molar-refractivity contribution in [3.8, 4) is 5.75 Å². The Labute approximate surface area is 151 Å². The number of benzene rings is 1. The summed E-state index contributed by atoms with van der Waals surface area (Å²) in [4.78, 5) is 25.1. The molecule has 1 atom stereocenters. The molecule has 0 unspecified atom stereocenters. The summed E-state index contributed by atoms with van der Waals surface area (Å²) in [7, 11) is 0. The average molecular weight is 374 g/mol. The maximum atomic E-state index is 12.3. The summed E-state index contributed by atoms with van der Waals surface area (Å²) in [5, 5.41) is 9.29. The lowest BCUT2D eigenvalue weighted by Crippen LogP contribution is -2.39. The number of nitrogens with zero attached hydrogens (tertiary/aromatic N) is 1. The highest BCUT2D eigenvalue weighted by Gasteiger charge is 2.29. The van der Waals surface area contributed by atoms with Gasteiger partial charge in [0, 0.05) is 13.0 Å². The van der Waals surface area contributed by atoms with Gasteiger partial charge in [0.15, 0.2) is 5.75 Å². The molecule has 7 heteroatoms. The third-order valence-electron chi connectivity index (χ3n) is 3.95. The van der Waals surface area contributed by atoms with E-state index < -0.39 is 5.97 Å². The SMILES string of the molecule is CC(C)CC(=O)N1CCC[C@H]1COc1c(Cl)cc(C(=O)O)cc1Cl. The zero-order valence-electron chi connectivity index (χ0n) is 13.7. The lowest BCUT2D eigenvalue weighted by molar-refractivity contribution is -0.133. The van der Waals surface area contributed by atoms with Crippen LogP contribution in [0.1, 0.15) is 43.5 Å². The summed E-state index contributed by atoms with van der Waals surface area (Å²) in [5.41, 5.74) is 0.00644. The Kier molecular flexibility index (Phi) is 6.35. The minimum absolute atomic E-state index is 0.00644. The second-order valence-electron chi connectivity index (χ2n) is 6.37. The van der Waals surface area contributed by atoms with E-state index in [0.717, 1.165) is 19.4 Å². The molecule has 1 fully saturated rings. The van der Waals surface area contributed by atoms with Crippen LogP contribution in [-0.4, -0.2) is 41.1 Å². The average Bonchev–Trinajstić information content (AvgIpc) is 2.93. The fourth-order valence-corrected chi connectivity index (χ4v) is 3.40. The summed E-state index contributed by atoms with van der Waals surface area (Å²) in [6.45, 7) is 5.06. The van der Waals surface area contributed by atoms with Crippen molar-refractivity contribution in [2.45, 2.75) is 39.2 Å². The van der Waals surface area contributed by atoms with E-state index in [1.807, 2.05) is 18.7 Å². The summed E-state index contributed by atoms with van der Waals surface area (Å²) in [6.07, 6.45) is 2.33. The van der Waals surface area contributed by atoms with Crippen molar-refractivity contribution in [2.24, 2.45) is 5.92 Å². The van der Waals surface area contributed by atoms with Gasteiger partial charge in [0.1, 0.15) is 6.61 Å². The summed E-state index contributed by atoms with van der Waals surface area (Å²) < 4.78 is 5.72. The smallest absolute Gasteiger partial charge is 0.335 e. The van der Waals surface area contributed by atoms with Gasteiger partial charge in [-0.2, -0.15) is 0 Å². The lowest BCUT2D eigenvalue weighted by Gasteiger charge is -2.26. The molecular formula is C17H21Cl2NO4. The Morgan fingerprint density at radius 1 is 1.33 bits per heavy atom. The number of ether oxygens (including phenoxy) is 1. The molecule has 5 nitrogen and oxygen atoms in total. The van der Waals surface area contributed by atoms with E-state index in [1.165, 1.54) is 12.1 Å². The van der Waals surface area contributed by atoms with Gasteiger partial charge in [-0.05, 0) is 30.9 Å². The minimum Gasteiger partial charge on any atom is -0.488 e. The molecule has 0 spiro atoms. The van der Waals surface area contributed by atoms with Crippen molar-refractivity contribution in [1.82, 2.24) is 4.90 Å². The first kappa shape index (κ1) is 18.9. The maximum Gasteiger partial charge on any atom is 0.335 e. The highest BCUT2D eigenvalue weighted by molar-refractivity contribution is 6.37. The number of hydrogen-bond acceptors (Lipinski definition) is 3. The van der Waals surface area contributed by atoms with Crippen LogP contribution in [0.5, 0.6) is 5.75 Å². The fraction of sp³-hybridized carbons (Fsp3) is 0.529. The van der Waals surface area contributed by atoms with Crippen LogP contribution in [0, 0.1) is 5.92 Å². The molecule has 1 N–H and O–H groups in total. The summed E-state index contributed by atoms with van der Waals surface area (Å²) >= 11 is 12.2. The van der Waals surface area contributed by atoms with E-state index in [1.54, 1.807) is 0 Å². The van der Waals surface area contributed by atoms with Crippen molar-refractivity contribution >= 4 is 35.1 Å². The van der Waals surface area contributed by atoms with Gasteiger partial charge in [0.2, 0.25) is 5.91 Å². The zero-order chi connectivity index (χ0) is 17.9. The van der Waals surface area contributed by atoms with Crippen molar-refractivity contribution in [1.29, 1.82) is 0 Å². The molecule has 2 rings (SSSR count). The zero-order valence-corrected chi connectivity index (χ0v) is 15.2. The van der Waals surface area contributed by atoms with Gasteiger partial charge in [0.05, 0.1) is 21.7 Å². The summed E-state index contributed by atoms with van der Waals surface area (Å²) in [6, 6.07) is 2.60. The number of hydrogen-bond donors (Lipinski definition) is 1. The van der Waals surface area contributed by atoms with Gasteiger partial charge in [-0.25, -0.2) is 4.79 Å². The predicted molar refractivity (Wildman–Crippen MR) is 93.1 cm³/mol. The van der Waals surface area contributed by atoms with Crippen LogP contribution in [0.2, 0.25) is 10.0 Å². The van der Waals surface area contributed by atoms with Gasteiger partial charge >= 0.3 is 5.97 Å². The Morgan fingerprint density at radius 2 is 1.96 bits per heavy atom. The van der Waals surface area contributed by atoms with Gasteiger partial charge in [-0.1, -0.05) is 37.0 Å². The standard InChI is InChI=1S/C17H21Cl2NO4/c1-10(2)6-15(21)20-5-3-4-12(20)9-24-16-13(18)7-11(17(22)23)8-14(16)19/h7-8,10,12H,3-6,9H2,1-2H3,(H,22,23)/t12-/m0/s1. The molecule has 0 aromatic heterocycles. The topological polar surface area (TPSA) is 66.8 Å². The molecule has 24 heavy (non-hydrogen) atoms. The quantitative estimate of drug-likeness (QED) is 0.814. The van der Waals surface area contributed by atoms with Gasteiger partial charge in [-0.3, -0.25) is 4.79 Å². The Hall–Kier alpha value is -1.46. The molecule has 132 valence electrons. The number of carboxylic acid groups (broad SMARTS) is 1. The van der Waals surface area contributed by atoms with E-state index in [9.17, 15) is 9.59 Å². The van der Waals surface area contributed by atoms with Crippen molar-refractivity contribution in [3.63, 3.8) is 0 Å². The number of rotatable bonds is 6. The van der Waals surface area contributed by atoms with Gasteiger partial charge < -0.3 is 14.7 Å². The number of aromatic carboxylic acids is 1. The van der Waals surface area contributed by atoms with Crippen LogP contribution >= 0.6 is 23.2 Å². The molecule has 0 bridgehead atoms.